The highest BCUT2D eigenvalue weighted by atomic mass is 35.5. The number of nitrogens with zero attached hydrogens (tertiary/aromatic N) is 1. The van der Waals surface area contributed by atoms with E-state index < -0.39 is 40.7 Å². The topological polar surface area (TPSA) is 95.9 Å². The SMILES string of the molecule is CC(C)OC(=O)c1cc(NC(=O)N2CSC(C)(C)[C@@H]2C(=O)O)c(F)cc1Cl. The molecule has 2 N–H and O–H groups in total. The molecule has 1 heterocycles. The van der Waals surface area contributed by atoms with E-state index in [9.17, 15) is 23.9 Å². The number of carbonyl (C=O) groups excluding carboxylic acids is 2. The number of benzene rings is 1. The molecule has 0 bridgehead atoms. The minimum atomic E-state index is -1.15. The zero-order chi connectivity index (χ0) is 20.5. The molecule has 1 aliphatic rings. The first-order chi connectivity index (χ1) is 12.4. The number of hydrogen-bond acceptors (Lipinski definition) is 5. The van der Waals surface area contributed by atoms with Gasteiger partial charge in [-0.1, -0.05) is 11.6 Å². The van der Waals surface area contributed by atoms with Crippen LogP contribution in [0.3, 0.4) is 0 Å². The number of carbonyl (C=O) groups is 3. The second-order valence-electron chi connectivity index (χ2n) is 6.78. The molecule has 1 aliphatic heterocycles. The molecule has 7 nitrogen and oxygen atoms in total. The zero-order valence-corrected chi connectivity index (χ0v) is 16.8. The van der Waals surface area contributed by atoms with Gasteiger partial charge >= 0.3 is 18.0 Å². The van der Waals surface area contributed by atoms with Crippen molar-refractivity contribution in [1.82, 2.24) is 4.90 Å². The lowest BCUT2D eigenvalue weighted by Crippen LogP contribution is -2.50. The summed E-state index contributed by atoms with van der Waals surface area (Å²) in [6.45, 7) is 6.73. The first-order valence-corrected chi connectivity index (χ1v) is 9.44. The number of nitrogens with one attached hydrogen (secondary N) is 1. The summed E-state index contributed by atoms with van der Waals surface area (Å²) < 4.78 is 18.6. The largest absolute Gasteiger partial charge is 0.480 e. The summed E-state index contributed by atoms with van der Waals surface area (Å²) in [6, 6.07) is 0.101. The van der Waals surface area contributed by atoms with Gasteiger partial charge < -0.3 is 20.1 Å². The Morgan fingerprint density at radius 2 is 2.04 bits per heavy atom. The van der Waals surface area contributed by atoms with E-state index in [2.05, 4.69) is 5.32 Å². The van der Waals surface area contributed by atoms with Crippen LogP contribution in [0.4, 0.5) is 14.9 Å². The third-order valence-electron chi connectivity index (χ3n) is 3.90. The molecule has 0 saturated carbocycles. The minimum Gasteiger partial charge on any atom is -0.480 e. The molecule has 2 rings (SSSR count). The van der Waals surface area contributed by atoms with Crippen molar-refractivity contribution in [3.05, 3.63) is 28.5 Å². The molecule has 0 aliphatic carbocycles. The number of carboxylic acids is 1. The lowest BCUT2D eigenvalue weighted by Gasteiger charge is -2.27. The van der Waals surface area contributed by atoms with E-state index in [1.807, 2.05) is 0 Å². The molecule has 148 valence electrons. The normalized spacial score (nSPS) is 18.5. The van der Waals surface area contributed by atoms with Crippen LogP contribution in [0.25, 0.3) is 0 Å². The molecule has 2 amide bonds. The predicted molar refractivity (Wildman–Crippen MR) is 101 cm³/mol. The van der Waals surface area contributed by atoms with Crippen molar-refractivity contribution >= 4 is 47.0 Å². The van der Waals surface area contributed by atoms with Gasteiger partial charge in [-0.05, 0) is 39.8 Å². The highest BCUT2D eigenvalue weighted by Crippen LogP contribution is 2.39. The Bertz CT molecular complexity index is 787. The highest BCUT2D eigenvalue weighted by Gasteiger charge is 2.48. The van der Waals surface area contributed by atoms with Crippen LogP contribution < -0.4 is 5.32 Å². The van der Waals surface area contributed by atoms with E-state index in [-0.39, 0.29) is 22.2 Å². The molecule has 1 fully saturated rings. The van der Waals surface area contributed by atoms with Crippen molar-refractivity contribution in [2.75, 3.05) is 11.2 Å². The van der Waals surface area contributed by atoms with Gasteiger partial charge in [0.1, 0.15) is 11.9 Å². The van der Waals surface area contributed by atoms with Gasteiger partial charge in [0.25, 0.3) is 0 Å². The van der Waals surface area contributed by atoms with Gasteiger partial charge in [0.15, 0.2) is 0 Å². The Labute approximate surface area is 165 Å². The molecule has 0 spiro atoms. The van der Waals surface area contributed by atoms with Gasteiger partial charge in [-0.3, -0.25) is 0 Å². The molecule has 27 heavy (non-hydrogen) atoms. The number of urea groups is 1. The van der Waals surface area contributed by atoms with Crippen molar-refractivity contribution in [3.63, 3.8) is 0 Å². The van der Waals surface area contributed by atoms with Crippen LogP contribution in [-0.4, -0.2) is 50.7 Å². The van der Waals surface area contributed by atoms with E-state index in [0.717, 1.165) is 17.0 Å². The first kappa shape index (κ1) is 21.3. The van der Waals surface area contributed by atoms with E-state index in [1.54, 1.807) is 27.7 Å². The number of anilines is 1. The summed E-state index contributed by atoms with van der Waals surface area (Å²) >= 11 is 7.20. The predicted octanol–water partition coefficient (Wildman–Crippen LogP) is 3.81. The Balaban J connectivity index is 2.28. The van der Waals surface area contributed by atoms with Gasteiger partial charge in [-0.2, -0.15) is 0 Å². The summed E-state index contributed by atoms with van der Waals surface area (Å²) in [5.74, 6) is -2.63. The van der Waals surface area contributed by atoms with Crippen molar-refractivity contribution in [1.29, 1.82) is 0 Å². The van der Waals surface area contributed by atoms with E-state index in [1.165, 1.54) is 11.8 Å². The van der Waals surface area contributed by atoms with Crippen LogP contribution >= 0.6 is 23.4 Å². The number of amides is 2. The second-order valence-corrected chi connectivity index (χ2v) is 8.79. The van der Waals surface area contributed by atoms with Gasteiger partial charge in [0.05, 0.1) is 28.3 Å². The van der Waals surface area contributed by atoms with Gasteiger partial charge in [-0.25, -0.2) is 18.8 Å². The highest BCUT2D eigenvalue weighted by molar-refractivity contribution is 8.00. The van der Waals surface area contributed by atoms with E-state index in [0.29, 0.717) is 0 Å². The monoisotopic (exact) mass is 418 g/mol. The molecule has 1 saturated heterocycles. The van der Waals surface area contributed by atoms with Crippen molar-refractivity contribution < 1.29 is 28.6 Å². The quantitative estimate of drug-likeness (QED) is 0.722. The molecule has 0 radical (unpaired) electrons. The molecule has 0 aromatic heterocycles. The van der Waals surface area contributed by atoms with Crippen LogP contribution in [0.1, 0.15) is 38.1 Å². The Morgan fingerprint density at radius 1 is 1.41 bits per heavy atom. The number of carboxylic acid groups (broad SMARTS) is 1. The number of thioether (sulfide) groups is 1. The number of ether oxygens (including phenoxy) is 1. The summed E-state index contributed by atoms with van der Waals surface area (Å²) in [4.78, 5) is 37.3. The number of rotatable bonds is 4. The summed E-state index contributed by atoms with van der Waals surface area (Å²) in [5, 5.41) is 11.6. The number of halogens is 2. The average Bonchev–Trinajstić information content (AvgIpc) is 2.84. The number of aliphatic carboxylic acids is 1. The van der Waals surface area contributed by atoms with Crippen molar-refractivity contribution in [3.8, 4) is 0 Å². The van der Waals surface area contributed by atoms with Crippen molar-refractivity contribution in [2.24, 2.45) is 0 Å². The Kier molecular flexibility index (Phi) is 6.26. The van der Waals surface area contributed by atoms with E-state index >= 15 is 0 Å². The maximum atomic E-state index is 14.2. The Hall–Kier alpha value is -2.00. The van der Waals surface area contributed by atoms with E-state index in [4.69, 9.17) is 16.3 Å². The molecule has 1 atom stereocenters. The van der Waals surface area contributed by atoms with Crippen LogP contribution in [0.2, 0.25) is 5.02 Å². The fourth-order valence-electron chi connectivity index (χ4n) is 2.64. The molecular weight excluding hydrogens is 399 g/mol. The van der Waals surface area contributed by atoms with Crippen LogP contribution in [0.5, 0.6) is 0 Å². The third kappa shape index (κ3) is 4.65. The fraction of sp³-hybridized carbons (Fsp3) is 0.471. The van der Waals surface area contributed by atoms with Crippen LogP contribution in [0.15, 0.2) is 12.1 Å². The lowest BCUT2D eigenvalue weighted by molar-refractivity contribution is -0.142. The number of esters is 1. The molecule has 10 heteroatoms. The third-order valence-corrected chi connectivity index (χ3v) is 5.59. The zero-order valence-electron chi connectivity index (χ0n) is 15.2. The summed E-state index contributed by atoms with van der Waals surface area (Å²) in [6.07, 6.45) is -0.406. The second kappa shape index (κ2) is 7.93. The molecular formula is C17H20ClFN2O5S. The molecule has 0 unspecified atom stereocenters. The maximum Gasteiger partial charge on any atom is 0.339 e. The van der Waals surface area contributed by atoms with Crippen molar-refractivity contribution in [2.45, 2.75) is 44.6 Å². The average molecular weight is 419 g/mol. The summed E-state index contributed by atoms with van der Waals surface area (Å²) in [5.41, 5.74) is -0.396. The molecule has 1 aromatic rings. The first-order valence-electron chi connectivity index (χ1n) is 8.08. The molecule has 1 aromatic carbocycles. The van der Waals surface area contributed by atoms with Gasteiger partial charge in [0.2, 0.25) is 0 Å². The summed E-state index contributed by atoms with van der Waals surface area (Å²) in [7, 11) is 0. The smallest absolute Gasteiger partial charge is 0.339 e. The fourth-order valence-corrected chi connectivity index (χ4v) is 3.99. The van der Waals surface area contributed by atoms with Gasteiger partial charge in [-0.15, -0.1) is 11.8 Å². The van der Waals surface area contributed by atoms with Crippen LogP contribution in [-0.2, 0) is 9.53 Å². The Morgan fingerprint density at radius 3 is 2.59 bits per heavy atom. The standard InChI is InChI=1S/C17H20ClFN2O5S/c1-8(2)26-15(24)9-5-12(11(19)6-10(9)18)20-16(25)21-7-27-17(3,4)13(21)14(22)23/h5-6,8,13H,7H2,1-4H3,(H,20,25)(H,22,23)/t13-/m0/s1. The maximum absolute atomic E-state index is 14.2. The number of hydrogen-bond donors (Lipinski definition) is 2. The van der Waals surface area contributed by atoms with Crippen LogP contribution in [0, 0.1) is 5.82 Å². The lowest BCUT2D eigenvalue weighted by atomic mass is 10.0. The minimum absolute atomic E-state index is 0.104. The van der Waals surface area contributed by atoms with Gasteiger partial charge in [0, 0.05) is 4.75 Å².